The Hall–Kier alpha value is 0.310. The molecule has 1 saturated carbocycles. The van der Waals surface area contributed by atoms with E-state index in [1.165, 1.54) is 70.3 Å². The lowest BCUT2D eigenvalue weighted by atomic mass is 10.0. The highest BCUT2D eigenvalue weighted by molar-refractivity contribution is 7.99. The molecule has 0 aromatic heterocycles. The van der Waals surface area contributed by atoms with Crippen molar-refractivity contribution in [2.75, 3.05) is 19.0 Å². The summed E-state index contributed by atoms with van der Waals surface area (Å²) >= 11 is 2.23. The average Bonchev–Trinajstić information content (AvgIpc) is 2.29. The van der Waals surface area contributed by atoms with E-state index in [2.05, 4.69) is 16.7 Å². The number of rotatable bonds is 3. The zero-order valence-electron chi connectivity index (χ0n) is 9.21. The van der Waals surface area contributed by atoms with Crippen molar-refractivity contribution >= 4 is 11.8 Å². The first kappa shape index (κ1) is 10.8. The van der Waals surface area contributed by atoms with Crippen LogP contribution in [-0.4, -0.2) is 29.1 Å². The van der Waals surface area contributed by atoms with Gasteiger partial charge in [0, 0.05) is 11.1 Å². The first-order valence-electron chi connectivity index (χ1n) is 6.29. The largest absolute Gasteiger partial charge is 0.294 e. The van der Waals surface area contributed by atoms with Crippen LogP contribution in [0.15, 0.2) is 0 Å². The third kappa shape index (κ3) is 3.47. The number of likely N-dealkylation sites (tertiary alicyclic amines) is 1. The zero-order valence-corrected chi connectivity index (χ0v) is 10.0. The summed E-state index contributed by atoms with van der Waals surface area (Å²) in [6.45, 7) is 2.72. The molecule has 2 fully saturated rings. The maximum atomic E-state index is 2.66. The Morgan fingerprint density at radius 2 is 1.50 bits per heavy atom. The van der Waals surface area contributed by atoms with Crippen molar-refractivity contribution in [3.05, 3.63) is 0 Å². The van der Waals surface area contributed by atoms with Gasteiger partial charge in [-0.3, -0.25) is 4.90 Å². The van der Waals surface area contributed by atoms with Crippen molar-refractivity contribution in [2.24, 2.45) is 0 Å². The highest BCUT2D eigenvalue weighted by Gasteiger charge is 2.16. The van der Waals surface area contributed by atoms with Crippen molar-refractivity contribution in [2.45, 2.75) is 56.6 Å². The van der Waals surface area contributed by atoms with Gasteiger partial charge in [0.2, 0.25) is 0 Å². The molecule has 0 spiro atoms. The van der Waals surface area contributed by atoms with Gasteiger partial charge in [-0.2, -0.15) is 0 Å². The lowest BCUT2D eigenvalue weighted by Gasteiger charge is -2.29. The smallest absolute Gasteiger partial charge is 0.0447 e. The predicted octanol–water partition coefficient (Wildman–Crippen LogP) is 3.50. The van der Waals surface area contributed by atoms with Crippen LogP contribution < -0.4 is 0 Å². The van der Waals surface area contributed by atoms with Crippen LogP contribution in [0.5, 0.6) is 0 Å². The second-order valence-electron chi connectivity index (χ2n) is 4.73. The van der Waals surface area contributed by atoms with Gasteiger partial charge in [-0.25, -0.2) is 0 Å². The molecular weight excluding hydrogens is 190 g/mol. The SMILES string of the molecule is C1CCC(SCN2CCCCC2)CC1. The summed E-state index contributed by atoms with van der Waals surface area (Å²) in [5.74, 6) is 1.31. The molecule has 1 aliphatic heterocycles. The summed E-state index contributed by atoms with van der Waals surface area (Å²) in [4.78, 5) is 2.66. The van der Waals surface area contributed by atoms with Crippen molar-refractivity contribution < 1.29 is 0 Å². The van der Waals surface area contributed by atoms with Gasteiger partial charge < -0.3 is 0 Å². The van der Waals surface area contributed by atoms with Gasteiger partial charge in [-0.05, 0) is 38.8 Å². The summed E-state index contributed by atoms with van der Waals surface area (Å²) in [7, 11) is 0. The van der Waals surface area contributed by atoms with E-state index in [0.717, 1.165) is 5.25 Å². The number of hydrogen-bond donors (Lipinski definition) is 0. The van der Waals surface area contributed by atoms with Gasteiger partial charge >= 0.3 is 0 Å². The topological polar surface area (TPSA) is 3.24 Å². The minimum Gasteiger partial charge on any atom is -0.294 e. The molecule has 2 rings (SSSR count). The van der Waals surface area contributed by atoms with Crippen LogP contribution in [0, 0.1) is 0 Å². The summed E-state index contributed by atoms with van der Waals surface area (Å²) < 4.78 is 0. The molecular formula is C12H23NS. The lowest BCUT2D eigenvalue weighted by Crippen LogP contribution is -2.30. The molecule has 1 saturated heterocycles. The Balaban J connectivity index is 1.60. The number of piperidine rings is 1. The zero-order chi connectivity index (χ0) is 9.64. The minimum atomic E-state index is 0.991. The van der Waals surface area contributed by atoms with Crippen molar-refractivity contribution in [1.82, 2.24) is 4.90 Å². The normalized spacial score (nSPS) is 26.6. The second kappa shape index (κ2) is 6.02. The Bertz CT molecular complexity index is 130. The monoisotopic (exact) mass is 213 g/mol. The standard InChI is InChI=1S/C12H23NS/c1-3-7-12(8-4-1)14-11-13-9-5-2-6-10-13/h12H,1-11H2. The molecule has 1 nitrogen and oxygen atoms in total. The van der Waals surface area contributed by atoms with E-state index < -0.39 is 0 Å². The van der Waals surface area contributed by atoms with Crippen LogP contribution in [0.3, 0.4) is 0 Å². The van der Waals surface area contributed by atoms with Crippen LogP contribution in [0.4, 0.5) is 0 Å². The van der Waals surface area contributed by atoms with Gasteiger partial charge in [-0.1, -0.05) is 25.7 Å². The molecule has 0 radical (unpaired) electrons. The van der Waals surface area contributed by atoms with E-state index in [4.69, 9.17) is 0 Å². The molecule has 0 N–H and O–H groups in total. The Kier molecular flexibility index (Phi) is 4.65. The van der Waals surface area contributed by atoms with Crippen LogP contribution in [0.1, 0.15) is 51.4 Å². The van der Waals surface area contributed by atoms with Gasteiger partial charge in [-0.15, -0.1) is 11.8 Å². The third-order valence-corrected chi connectivity index (χ3v) is 4.95. The van der Waals surface area contributed by atoms with Crippen molar-refractivity contribution in [3.8, 4) is 0 Å². The average molecular weight is 213 g/mol. The van der Waals surface area contributed by atoms with Gasteiger partial charge in [0.25, 0.3) is 0 Å². The lowest BCUT2D eigenvalue weighted by molar-refractivity contribution is 0.265. The summed E-state index contributed by atoms with van der Waals surface area (Å²) in [6, 6.07) is 0. The van der Waals surface area contributed by atoms with Crippen molar-refractivity contribution in [1.29, 1.82) is 0 Å². The summed E-state index contributed by atoms with van der Waals surface area (Å²) in [6.07, 6.45) is 11.8. The van der Waals surface area contributed by atoms with Crippen LogP contribution >= 0.6 is 11.8 Å². The minimum absolute atomic E-state index is 0.991. The predicted molar refractivity (Wildman–Crippen MR) is 64.8 cm³/mol. The molecule has 0 bridgehead atoms. The molecule has 2 aliphatic rings. The van der Waals surface area contributed by atoms with E-state index in [1.807, 2.05) is 0 Å². The molecule has 1 aliphatic carbocycles. The molecule has 1 heterocycles. The van der Waals surface area contributed by atoms with Crippen molar-refractivity contribution in [3.63, 3.8) is 0 Å². The van der Waals surface area contributed by atoms with Gasteiger partial charge in [0.15, 0.2) is 0 Å². The van der Waals surface area contributed by atoms with E-state index in [9.17, 15) is 0 Å². The maximum Gasteiger partial charge on any atom is 0.0447 e. The second-order valence-corrected chi connectivity index (χ2v) is 5.99. The van der Waals surface area contributed by atoms with Gasteiger partial charge in [0.05, 0.1) is 0 Å². The summed E-state index contributed by atoms with van der Waals surface area (Å²) in [5, 5.41) is 0.991. The van der Waals surface area contributed by atoms with E-state index >= 15 is 0 Å². The Morgan fingerprint density at radius 1 is 0.857 bits per heavy atom. The molecule has 2 heteroatoms. The van der Waals surface area contributed by atoms with Crippen LogP contribution in [-0.2, 0) is 0 Å². The fourth-order valence-electron chi connectivity index (χ4n) is 2.53. The molecule has 0 unspecified atom stereocenters. The molecule has 0 atom stereocenters. The quantitative estimate of drug-likeness (QED) is 0.706. The molecule has 82 valence electrons. The Labute approximate surface area is 92.6 Å². The van der Waals surface area contributed by atoms with Crippen LogP contribution in [0.25, 0.3) is 0 Å². The third-order valence-electron chi connectivity index (χ3n) is 3.49. The van der Waals surface area contributed by atoms with Gasteiger partial charge in [0.1, 0.15) is 0 Å². The fraction of sp³-hybridized carbons (Fsp3) is 1.00. The first-order valence-corrected chi connectivity index (χ1v) is 7.34. The Morgan fingerprint density at radius 3 is 2.21 bits per heavy atom. The highest BCUT2D eigenvalue weighted by atomic mass is 32.2. The highest BCUT2D eigenvalue weighted by Crippen LogP contribution is 2.29. The molecule has 14 heavy (non-hydrogen) atoms. The first-order chi connectivity index (χ1) is 6.95. The van der Waals surface area contributed by atoms with E-state index in [1.54, 1.807) is 0 Å². The summed E-state index contributed by atoms with van der Waals surface area (Å²) in [5.41, 5.74) is 0. The number of thioether (sulfide) groups is 1. The molecule has 0 amide bonds. The van der Waals surface area contributed by atoms with E-state index in [-0.39, 0.29) is 0 Å². The molecule has 0 aromatic rings. The molecule has 0 aromatic carbocycles. The number of hydrogen-bond acceptors (Lipinski definition) is 2. The van der Waals surface area contributed by atoms with Crippen LogP contribution in [0.2, 0.25) is 0 Å². The number of nitrogens with zero attached hydrogens (tertiary/aromatic N) is 1. The van der Waals surface area contributed by atoms with E-state index in [0.29, 0.717) is 0 Å². The maximum absolute atomic E-state index is 2.66. The fourth-order valence-corrected chi connectivity index (χ4v) is 3.88.